The average Bonchev–Trinajstić information content (AvgIpc) is 2.45. The van der Waals surface area contributed by atoms with Gasteiger partial charge in [-0.15, -0.1) is 0 Å². The van der Waals surface area contributed by atoms with E-state index in [0.29, 0.717) is 0 Å². The smallest absolute Gasteiger partial charge is 0.330 e. The summed E-state index contributed by atoms with van der Waals surface area (Å²) in [5.41, 5.74) is -1.29. The number of carbonyl (C=O) groups is 2. The van der Waals surface area contributed by atoms with Gasteiger partial charge < -0.3 is 10.1 Å². The van der Waals surface area contributed by atoms with Gasteiger partial charge in [0.25, 0.3) is 0 Å². The highest BCUT2D eigenvalue weighted by molar-refractivity contribution is 7.89. The van der Waals surface area contributed by atoms with Crippen molar-refractivity contribution in [3.63, 3.8) is 0 Å². The number of amides is 1. The van der Waals surface area contributed by atoms with Crippen molar-refractivity contribution in [1.82, 2.24) is 9.62 Å². The normalized spacial score (nSPS) is 12.1. The van der Waals surface area contributed by atoms with Gasteiger partial charge in [0.1, 0.15) is 11.4 Å². The summed E-state index contributed by atoms with van der Waals surface area (Å²) in [6, 6.07) is 4.25. The van der Waals surface area contributed by atoms with Gasteiger partial charge in [0.05, 0.1) is 18.6 Å². The van der Waals surface area contributed by atoms with Gasteiger partial charge in [-0.3, -0.25) is 4.79 Å². The highest BCUT2D eigenvalue weighted by atomic mass is 32.2. The molecule has 0 aliphatic carbocycles. The van der Waals surface area contributed by atoms with Gasteiger partial charge in [0, 0.05) is 7.05 Å². The Bertz CT molecular complexity index is 686. The van der Waals surface area contributed by atoms with Crippen LogP contribution in [0.3, 0.4) is 0 Å². The molecule has 0 unspecified atom stereocenters. The highest BCUT2D eigenvalue weighted by Crippen LogP contribution is 2.14. The summed E-state index contributed by atoms with van der Waals surface area (Å²) < 4.78 is 42.8. The Balaban J connectivity index is 2.82. The summed E-state index contributed by atoms with van der Waals surface area (Å²) in [4.78, 5) is 23.3. The fourth-order valence-corrected chi connectivity index (χ4v) is 2.90. The molecule has 0 atom stereocenters. The Labute approximate surface area is 134 Å². The lowest BCUT2D eigenvalue weighted by Gasteiger charge is -2.24. The number of carbonyl (C=O) groups excluding carboxylic acids is 2. The molecule has 0 heterocycles. The van der Waals surface area contributed by atoms with E-state index in [1.54, 1.807) is 0 Å². The number of halogens is 1. The quantitative estimate of drug-likeness (QED) is 0.758. The fourth-order valence-electron chi connectivity index (χ4n) is 1.77. The molecule has 0 bridgehead atoms. The predicted octanol–water partition coefficient (Wildman–Crippen LogP) is 0.514. The number of hydrogen-bond acceptors (Lipinski definition) is 5. The second-order valence-electron chi connectivity index (χ2n) is 5.38. The maximum absolute atomic E-state index is 12.9. The van der Waals surface area contributed by atoms with E-state index >= 15 is 0 Å². The minimum atomic E-state index is -3.94. The monoisotopic (exact) mass is 346 g/mol. The number of sulfonamides is 1. The van der Waals surface area contributed by atoms with Crippen LogP contribution in [0, 0.1) is 5.82 Å². The van der Waals surface area contributed by atoms with E-state index in [9.17, 15) is 22.4 Å². The van der Waals surface area contributed by atoms with E-state index in [1.165, 1.54) is 28.0 Å². The number of hydrogen-bond donors (Lipinski definition) is 1. The van der Waals surface area contributed by atoms with Crippen LogP contribution in [-0.2, 0) is 24.3 Å². The third kappa shape index (κ3) is 4.73. The molecule has 1 N–H and O–H groups in total. The van der Waals surface area contributed by atoms with Crippen LogP contribution in [0.1, 0.15) is 13.8 Å². The number of methoxy groups -OCH3 is 1. The molecule has 0 saturated carbocycles. The average molecular weight is 346 g/mol. The molecule has 0 aliphatic rings. The van der Waals surface area contributed by atoms with Crippen molar-refractivity contribution in [1.29, 1.82) is 0 Å². The number of benzene rings is 1. The van der Waals surface area contributed by atoms with Crippen LogP contribution in [-0.4, -0.2) is 50.8 Å². The number of esters is 1. The third-order valence-electron chi connectivity index (χ3n) is 3.04. The molecule has 1 aromatic rings. The van der Waals surface area contributed by atoms with Crippen molar-refractivity contribution in [2.75, 3.05) is 20.7 Å². The lowest BCUT2D eigenvalue weighted by atomic mass is 10.1. The second kappa shape index (κ2) is 7.05. The minimum Gasteiger partial charge on any atom is -0.467 e. The molecule has 0 saturated heterocycles. The molecule has 1 amide bonds. The second-order valence-corrected chi connectivity index (χ2v) is 7.42. The molecular formula is C14H19FN2O5S. The van der Waals surface area contributed by atoms with Gasteiger partial charge in [-0.05, 0) is 38.1 Å². The molecule has 0 aliphatic heterocycles. The summed E-state index contributed by atoms with van der Waals surface area (Å²) >= 11 is 0. The molecule has 1 aromatic carbocycles. The summed E-state index contributed by atoms with van der Waals surface area (Å²) in [7, 11) is -1.55. The molecule has 7 nitrogen and oxygen atoms in total. The minimum absolute atomic E-state index is 0.138. The molecule has 0 radical (unpaired) electrons. The SMILES string of the molecule is COC(=O)C(C)(C)NC(=O)CN(C)S(=O)(=O)c1ccc(F)cc1. The zero-order valence-electron chi connectivity index (χ0n) is 13.3. The van der Waals surface area contributed by atoms with Crippen LogP contribution in [0.15, 0.2) is 29.2 Å². The molecule has 128 valence electrons. The Hall–Kier alpha value is -2.00. The highest BCUT2D eigenvalue weighted by Gasteiger charge is 2.32. The van der Waals surface area contributed by atoms with Crippen molar-refractivity contribution in [3.05, 3.63) is 30.1 Å². The van der Waals surface area contributed by atoms with Crippen molar-refractivity contribution >= 4 is 21.9 Å². The molecule has 0 aromatic heterocycles. The van der Waals surface area contributed by atoms with Crippen molar-refractivity contribution in [3.8, 4) is 0 Å². The van der Waals surface area contributed by atoms with Crippen molar-refractivity contribution < 1.29 is 27.1 Å². The first-order valence-electron chi connectivity index (χ1n) is 6.62. The fraction of sp³-hybridized carbons (Fsp3) is 0.429. The van der Waals surface area contributed by atoms with Crippen LogP contribution in [0.4, 0.5) is 4.39 Å². The van der Waals surface area contributed by atoms with Gasteiger partial charge in [-0.1, -0.05) is 0 Å². The van der Waals surface area contributed by atoms with Gasteiger partial charge in [0.15, 0.2) is 0 Å². The maximum atomic E-state index is 12.9. The number of nitrogens with one attached hydrogen (secondary N) is 1. The lowest BCUT2D eigenvalue weighted by Crippen LogP contribution is -2.53. The van der Waals surface area contributed by atoms with Crippen LogP contribution in [0.25, 0.3) is 0 Å². The van der Waals surface area contributed by atoms with Gasteiger partial charge in [-0.25, -0.2) is 17.6 Å². The zero-order valence-corrected chi connectivity index (χ0v) is 14.1. The van der Waals surface area contributed by atoms with E-state index in [0.717, 1.165) is 28.6 Å². The number of ether oxygens (including phenoxy) is 1. The van der Waals surface area contributed by atoms with E-state index in [2.05, 4.69) is 10.1 Å². The third-order valence-corrected chi connectivity index (χ3v) is 4.85. The topological polar surface area (TPSA) is 92.8 Å². The van der Waals surface area contributed by atoms with Crippen LogP contribution >= 0.6 is 0 Å². The zero-order chi connectivity index (χ0) is 17.8. The summed E-state index contributed by atoms with van der Waals surface area (Å²) in [5, 5.41) is 2.39. The lowest BCUT2D eigenvalue weighted by molar-refractivity contribution is -0.149. The first kappa shape index (κ1) is 19.0. The Morgan fingerprint density at radius 3 is 2.26 bits per heavy atom. The van der Waals surface area contributed by atoms with Crippen molar-refractivity contribution in [2.45, 2.75) is 24.3 Å². The summed E-state index contributed by atoms with van der Waals surface area (Å²) in [6.45, 7) is 2.37. The molecule has 0 spiro atoms. The maximum Gasteiger partial charge on any atom is 0.330 e. The molecule has 0 fully saturated rings. The van der Waals surface area contributed by atoms with E-state index < -0.39 is 39.8 Å². The first-order chi connectivity index (χ1) is 10.5. The standard InChI is InChI=1S/C14H19FN2O5S/c1-14(2,13(19)22-4)16-12(18)9-17(3)23(20,21)11-7-5-10(15)6-8-11/h5-8H,9H2,1-4H3,(H,16,18). The van der Waals surface area contributed by atoms with E-state index in [4.69, 9.17) is 0 Å². The Morgan fingerprint density at radius 2 is 1.78 bits per heavy atom. The molecular weight excluding hydrogens is 327 g/mol. The first-order valence-corrected chi connectivity index (χ1v) is 8.06. The van der Waals surface area contributed by atoms with Gasteiger partial charge >= 0.3 is 5.97 Å². The summed E-state index contributed by atoms with van der Waals surface area (Å²) in [6.07, 6.45) is 0. The molecule has 1 rings (SSSR count). The Morgan fingerprint density at radius 1 is 1.26 bits per heavy atom. The van der Waals surface area contributed by atoms with Gasteiger partial charge in [-0.2, -0.15) is 4.31 Å². The number of rotatable bonds is 6. The van der Waals surface area contributed by atoms with E-state index in [-0.39, 0.29) is 4.90 Å². The summed E-state index contributed by atoms with van der Waals surface area (Å²) in [5.74, 6) is -1.90. The largest absolute Gasteiger partial charge is 0.467 e. The van der Waals surface area contributed by atoms with Crippen LogP contribution < -0.4 is 5.32 Å². The van der Waals surface area contributed by atoms with E-state index in [1.807, 2.05) is 0 Å². The number of likely N-dealkylation sites (N-methyl/N-ethyl adjacent to an activating group) is 1. The van der Waals surface area contributed by atoms with Crippen LogP contribution in [0.2, 0.25) is 0 Å². The predicted molar refractivity (Wildman–Crippen MR) is 80.5 cm³/mol. The molecule has 9 heteroatoms. The van der Waals surface area contributed by atoms with Gasteiger partial charge in [0.2, 0.25) is 15.9 Å². The van der Waals surface area contributed by atoms with Crippen LogP contribution in [0.5, 0.6) is 0 Å². The molecule has 23 heavy (non-hydrogen) atoms. The Kier molecular flexibility index (Phi) is 5.84. The van der Waals surface area contributed by atoms with Crippen molar-refractivity contribution in [2.24, 2.45) is 0 Å². The number of nitrogens with zero attached hydrogens (tertiary/aromatic N) is 1.